The summed E-state index contributed by atoms with van der Waals surface area (Å²) < 4.78 is 5.36. The molecule has 72 valence electrons. The fourth-order valence-electron chi connectivity index (χ4n) is 0.885. The van der Waals surface area contributed by atoms with E-state index >= 15 is 0 Å². The van der Waals surface area contributed by atoms with Crippen molar-refractivity contribution in [2.45, 2.75) is 6.42 Å². The van der Waals surface area contributed by atoms with Crippen molar-refractivity contribution in [3.8, 4) is 5.75 Å². The molecule has 0 saturated carbocycles. The van der Waals surface area contributed by atoms with E-state index in [1.807, 2.05) is 0 Å². The number of nitrogens with two attached hydrogens (primary N) is 1. The first-order valence-corrected chi connectivity index (χ1v) is 4.77. The molecule has 0 radical (unpaired) electrons. The third kappa shape index (κ3) is 3.85. The van der Waals surface area contributed by atoms with Crippen LogP contribution in [0.15, 0.2) is 18.2 Å². The maximum absolute atomic E-state index is 5.77. The van der Waals surface area contributed by atoms with Crippen LogP contribution in [0.4, 0.5) is 0 Å². The van der Waals surface area contributed by atoms with E-state index in [-0.39, 0.29) is 0 Å². The Labute approximate surface area is 87.6 Å². The van der Waals surface area contributed by atoms with Crippen molar-refractivity contribution in [2.24, 2.45) is 5.73 Å². The number of hydrogen-bond acceptors (Lipinski definition) is 2. The standard InChI is InChI=1S/C9H11Cl2NO/c10-7-4-8(11)6-9(5-7)13-3-1-2-12/h4-6H,1-3,12H2. The van der Waals surface area contributed by atoms with Gasteiger partial charge in [-0.1, -0.05) is 23.2 Å². The van der Waals surface area contributed by atoms with Crippen LogP contribution in [0.3, 0.4) is 0 Å². The molecule has 0 aliphatic rings. The Morgan fingerprint density at radius 3 is 2.31 bits per heavy atom. The fourth-order valence-corrected chi connectivity index (χ4v) is 1.39. The van der Waals surface area contributed by atoms with Gasteiger partial charge in [-0.2, -0.15) is 0 Å². The second kappa shape index (κ2) is 5.32. The van der Waals surface area contributed by atoms with Crippen LogP contribution in [0.25, 0.3) is 0 Å². The summed E-state index contributed by atoms with van der Waals surface area (Å²) >= 11 is 11.5. The zero-order valence-electron chi connectivity index (χ0n) is 7.09. The average molecular weight is 220 g/mol. The van der Waals surface area contributed by atoms with E-state index < -0.39 is 0 Å². The first-order valence-electron chi connectivity index (χ1n) is 4.01. The molecule has 0 aliphatic heterocycles. The van der Waals surface area contributed by atoms with Gasteiger partial charge in [0.25, 0.3) is 0 Å². The molecule has 0 saturated heterocycles. The normalized spacial score (nSPS) is 10.1. The Morgan fingerprint density at radius 1 is 1.15 bits per heavy atom. The molecule has 1 aromatic carbocycles. The van der Waals surface area contributed by atoms with Gasteiger partial charge in [-0.3, -0.25) is 0 Å². The van der Waals surface area contributed by atoms with Gasteiger partial charge in [-0.25, -0.2) is 0 Å². The van der Waals surface area contributed by atoms with Gasteiger partial charge < -0.3 is 10.5 Å². The van der Waals surface area contributed by atoms with Crippen LogP contribution in [0.1, 0.15) is 6.42 Å². The van der Waals surface area contributed by atoms with Gasteiger partial charge in [0.15, 0.2) is 0 Å². The minimum Gasteiger partial charge on any atom is -0.493 e. The van der Waals surface area contributed by atoms with Gasteiger partial charge >= 0.3 is 0 Å². The summed E-state index contributed by atoms with van der Waals surface area (Å²) in [6, 6.07) is 5.12. The molecular formula is C9H11Cl2NO. The third-order valence-corrected chi connectivity index (χ3v) is 1.89. The van der Waals surface area contributed by atoms with Crippen molar-refractivity contribution in [3.63, 3.8) is 0 Å². The predicted molar refractivity (Wildman–Crippen MR) is 55.6 cm³/mol. The lowest BCUT2D eigenvalue weighted by Crippen LogP contribution is -2.05. The van der Waals surface area contributed by atoms with Crippen molar-refractivity contribution in [3.05, 3.63) is 28.2 Å². The van der Waals surface area contributed by atoms with Gasteiger partial charge in [0, 0.05) is 10.0 Å². The topological polar surface area (TPSA) is 35.2 Å². The minimum absolute atomic E-state index is 0.579. The first kappa shape index (κ1) is 10.6. The highest BCUT2D eigenvalue weighted by atomic mass is 35.5. The SMILES string of the molecule is NCCCOc1cc(Cl)cc(Cl)c1. The minimum atomic E-state index is 0.579. The molecule has 0 unspecified atom stereocenters. The van der Waals surface area contributed by atoms with Crippen LogP contribution in [0, 0.1) is 0 Å². The summed E-state index contributed by atoms with van der Waals surface area (Å²) in [6.45, 7) is 1.21. The van der Waals surface area contributed by atoms with E-state index in [1.54, 1.807) is 18.2 Å². The van der Waals surface area contributed by atoms with Crippen molar-refractivity contribution >= 4 is 23.2 Å². The summed E-state index contributed by atoms with van der Waals surface area (Å²) in [5, 5.41) is 1.16. The molecule has 4 heteroatoms. The molecule has 1 rings (SSSR count). The Hall–Kier alpha value is -0.440. The predicted octanol–water partition coefficient (Wildman–Crippen LogP) is 2.72. The van der Waals surface area contributed by atoms with Crippen LogP contribution in [0.5, 0.6) is 5.75 Å². The highest BCUT2D eigenvalue weighted by Crippen LogP contribution is 2.24. The fraction of sp³-hybridized carbons (Fsp3) is 0.333. The molecule has 0 aliphatic carbocycles. The first-order chi connectivity index (χ1) is 6.22. The molecule has 0 aromatic heterocycles. The summed E-state index contributed by atoms with van der Waals surface area (Å²) in [4.78, 5) is 0. The smallest absolute Gasteiger partial charge is 0.122 e. The number of hydrogen-bond donors (Lipinski definition) is 1. The van der Waals surface area contributed by atoms with E-state index in [4.69, 9.17) is 33.7 Å². The van der Waals surface area contributed by atoms with Gasteiger partial charge in [0.1, 0.15) is 5.75 Å². The molecule has 2 N–H and O–H groups in total. The zero-order chi connectivity index (χ0) is 9.68. The molecule has 13 heavy (non-hydrogen) atoms. The lowest BCUT2D eigenvalue weighted by Gasteiger charge is -2.05. The highest BCUT2D eigenvalue weighted by molar-refractivity contribution is 6.34. The molecular weight excluding hydrogens is 209 g/mol. The van der Waals surface area contributed by atoms with Crippen LogP contribution >= 0.6 is 23.2 Å². The van der Waals surface area contributed by atoms with Gasteiger partial charge in [0.05, 0.1) is 6.61 Å². The van der Waals surface area contributed by atoms with Crippen molar-refractivity contribution in [1.82, 2.24) is 0 Å². The van der Waals surface area contributed by atoms with E-state index in [9.17, 15) is 0 Å². The van der Waals surface area contributed by atoms with Crippen LogP contribution < -0.4 is 10.5 Å². The third-order valence-electron chi connectivity index (χ3n) is 1.45. The molecule has 0 heterocycles. The summed E-state index contributed by atoms with van der Waals surface area (Å²) in [7, 11) is 0. The molecule has 0 atom stereocenters. The molecule has 2 nitrogen and oxygen atoms in total. The van der Waals surface area contributed by atoms with Gasteiger partial charge in [-0.15, -0.1) is 0 Å². The van der Waals surface area contributed by atoms with Crippen molar-refractivity contribution < 1.29 is 4.74 Å². The number of halogens is 2. The summed E-state index contributed by atoms with van der Waals surface area (Å²) in [5.74, 6) is 0.686. The molecule has 0 bridgehead atoms. The summed E-state index contributed by atoms with van der Waals surface area (Å²) in [5.41, 5.74) is 5.32. The molecule has 0 amide bonds. The van der Waals surface area contributed by atoms with E-state index in [2.05, 4.69) is 0 Å². The number of ether oxygens (including phenoxy) is 1. The van der Waals surface area contributed by atoms with Gasteiger partial charge in [0.2, 0.25) is 0 Å². The van der Waals surface area contributed by atoms with Crippen molar-refractivity contribution in [1.29, 1.82) is 0 Å². The Bertz CT molecular complexity index is 258. The maximum atomic E-state index is 5.77. The van der Waals surface area contributed by atoms with Crippen molar-refractivity contribution in [2.75, 3.05) is 13.2 Å². The molecule has 0 fully saturated rings. The second-order valence-electron chi connectivity index (χ2n) is 2.60. The van der Waals surface area contributed by atoms with Crippen LogP contribution in [0.2, 0.25) is 10.0 Å². The van der Waals surface area contributed by atoms with Crippen LogP contribution in [-0.4, -0.2) is 13.2 Å². The quantitative estimate of drug-likeness (QED) is 0.791. The lowest BCUT2D eigenvalue weighted by atomic mass is 10.3. The second-order valence-corrected chi connectivity index (χ2v) is 3.47. The van der Waals surface area contributed by atoms with E-state index in [0.29, 0.717) is 28.9 Å². The zero-order valence-corrected chi connectivity index (χ0v) is 8.61. The van der Waals surface area contributed by atoms with E-state index in [1.165, 1.54) is 0 Å². The van der Waals surface area contributed by atoms with Gasteiger partial charge in [-0.05, 0) is 31.2 Å². The Balaban J connectivity index is 2.56. The van der Waals surface area contributed by atoms with Crippen LogP contribution in [-0.2, 0) is 0 Å². The molecule has 0 spiro atoms. The monoisotopic (exact) mass is 219 g/mol. The highest BCUT2D eigenvalue weighted by Gasteiger charge is 1.98. The Morgan fingerprint density at radius 2 is 1.77 bits per heavy atom. The average Bonchev–Trinajstić information content (AvgIpc) is 2.03. The number of rotatable bonds is 4. The van der Waals surface area contributed by atoms with E-state index in [0.717, 1.165) is 6.42 Å². The lowest BCUT2D eigenvalue weighted by molar-refractivity contribution is 0.313. The maximum Gasteiger partial charge on any atom is 0.122 e. The Kier molecular flexibility index (Phi) is 4.36. The number of benzene rings is 1. The largest absolute Gasteiger partial charge is 0.493 e. The summed E-state index contributed by atoms with van der Waals surface area (Å²) in [6.07, 6.45) is 0.824. The molecule has 1 aromatic rings.